The second-order valence-corrected chi connectivity index (χ2v) is 5.06. The Balaban J connectivity index is 1.99. The third-order valence-electron chi connectivity index (χ3n) is 3.95. The van der Waals surface area contributed by atoms with Crippen LogP contribution in [-0.2, 0) is 4.74 Å². The summed E-state index contributed by atoms with van der Waals surface area (Å²) in [6, 6.07) is 0. The number of hydrogen-bond donors (Lipinski definition) is 1. The van der Waals surface area contributed by atoms with E-state index in [-0.39, 0.29) is 5.54 Å². The maximum Gasteiger partial charge on any atom is 0.0617 e. The molecular weight excluding hydrogens is 162 g/mol. The number of methoxy groups -OCH3 is 1. The Labute approximate surface area is 80.8 Å². The highest BCUT2D eigenvalue weighted by atomic mass is 16.5. The van der Waals surface area contributed by atoms with Crippen molar-refractivity contribution in [1.82, 2.24) is 0 Å². The third-order valence-corrected chi connectivity index (χ3v) is 3.95. The first-order chi connectivity index (χ1) is 6.15. The van der Waals surface area contributed by atoms with Gasteiger partial charge in [0, 0.05) is 18.6 Å². The van der Waals surface area contributed by atoms with Crippen LogP contribution in [0.4, 0.5) is 0 Å². The van der Waals surface area contributed by atoms with Crippen LogP contribution < -0.4 is 5.73 Å². The summed E-state index contributed by atoms with van der Waals surface area (Å²) in [5.41, 5.74) is 6.51. The molecule has 0 bridgehead atoms. The van der Waals surface area contributed by atoms with Crippen LogP contribution in [-0.4, -0.2) is 18.8 Å². The zero-order chi connectivity index (χ0) is 9.47. The summed E-state index contributed by atoms with van der Waals surface area (Å²) >= 11 is 0. The van der Waals surface area contributed by atoms with Crippen molar-refractivity contribution in [3.8, 4) is 0 Å². The molecule has 2 atom stereocenters. The first-order valence-electron chi connectivity index (χ1n) is 5.47. The van der Waals surface area contributed by atoms with E-state index in [0.717, 1.165) is 5.92 Å². The predicted octanol–water partition coefficient (Wildman–Crippen LogP) is 1.93. The zero-order valence-electron chi connectivity index (χ0n) is 8.75. The van der Waals surface area contributed by atoms with Gasteiger partial charge in [-0.15, -0.1) is 0 Å². The van der Waals surface area contributed by atoms with Crippen LogP contribution in [0.25, 0.3) is 0 Å². The fourth-order valence-corrected chi connectivity index (χ4v) is 3.41. The zero-order valence-corrected chi connectivity index (χ0v) is 8.75. The average Bonchev–Trinajstić information content (AvgIpc) is 2.48. The number of hydrogen-bond acceptors (Lipinski definition) is 2. The molecular formula is C11H21NO. The third kappa shape index (κ3) is 1.50. The summed E-state index contributed by atoms with van der Waals surface area (Å²) in [5, 5.41) is 0. The summed E-state index contributed by atoms with van der Waals surface area (Å²) in [5.74, 6) is 1.47. The Kier molecular flexibility index (Phi) is 2.37. The van der Waals surface area contributed by atoms with Crippen LogP contribution in [0.3, 0.4) is 0 Å². The van der Waals surface area contributed by atoms with Gasteiger partial charge in [0.1, 0.15) is 0 Å². The molecule has 2 saturated carbocycles. The molecule has 0 spiro atoms. The Hall–Kier alpha value is -0.0800. The molecule has 0 aliphatic heterocycles. The van der Waals surface area contributed by atoms with E-state index in [9.17, 15) is 0 Å². The minimum Gasteiger partial charge on any atom is -0.381 e. The largest absolute Gasteiger partial charge is 0.381 e. The SMILES string of the molecule is COC1CCCC1C1(N)CC(C)C1. The van der Waals surface area contributed by atoms with Crippen molar-refractivity contribution in [2.45, 2.75) is 50.7 Å². The molecule has 0 aromatic rings. The van der Waals surface area contributed by atoms with E-state index >= 15 is 0 Å². The molecule has 0 saturated heterocycles. The van der Waals surface area contributed by atoms with Crippen LogP contribution in [0.2, 0.25) is 0 Å². The smallest absolute Gasteiger partial charge is 0.0617 e. The van der Waals surface area contributed by atoms with E-state index in [1.54, 1.807) is 0 Å². The van der Waals surface area contributed by atoms with Gasteiger partial charge >= 0.3 is 0 Å². The summed E-state index contributed by atoms with van der Waals surface area (Å²) in [7, 11) is 1.83. The van der Waals surface area contributed by atoms with Gasteiger partial charge in [0.2, 0.25) is 0 Å². The van der Waals surface area contributed by atoms with Crippen molar-refractivity contribution < 1.29 is 4.74 Å². The Bertz CT molecular complexity index is 187. The van der Waals surface area contributed by atoms with E-state index in [4.69, 9.17) is 10.5 Å². The van der Waals surface area contributed by atoms with E-state index < -0.39 is 0 Å². The van der Waals surface area contributed by atoms with Gasteiger partial charge in [0.15, 0.2) is 0 Å². The van der Waals surface area contributed by atoms with Crippen molar-refractivity contribution in [3.05, 3.63) is 0 Å². The first kappa shape index (κ1) is 9.47. The molecule has 76 valence electrons. The number of ether oxygens (including phenoxy) is 1. The van der Waals surface area contributed by atoms with Gasteiger partial charge in [-0.25, -0.2) is 0 Å². The quantitative estimate of drug-likeness (QED) is 0.710. The lowest BCUT2D eigenvalue weighted by molar-refractivity contribution is -0.00562. The lowest BCUT2D eigenvalue weighted by Gasteiger charge is -2.49. The molecule has 2 nitrogen and oxygen atoms in total. The second-order valence-electron chi connectivity index (χ2n) is 5.06. The fourth-order valence-electron chi connectivity index (χ4n) is 3.41. The minimum absolute atomic E-state index is 0.122. The molecule has 2 aliphatic rings. The van der Waals surface area contributed by atoms with Crippen LogP contribution in [0.1, 0.15) is 39.0 Å². The van der Waals surface area contributed by atoms with Gasteiger partial charge in [-0.05, 0) is 31.6 Å². The fraction of sp³-hybridized carbons (Fsp3) is 1.00. The molecule has 2 rings (SSSR count). The van der Waals surface area contributed by atoms with Gasteiger partial charge in [0.25, 0.3) is 0 Å². The highest BCUT2D eigenvalue weighted by molar-refractivity contribution is 5.05. The molecule has 2 fully saturated rings. The van der Waals surface area contributed by atoms with Crippen molar-refractivity contribution in [2.75, 3.05) is 7.11 Å². The van der Waals surface area contributed by atoms with Gasteiger partial charge in [0.05, 0.1) is 6.10 Å². The number of nitrogens with two attached hydrogens (primary N) is 1. The molecule has 2 heteroatoms. The molecule has 0 amide bonds. The maximum atomic E-state index is 6.38. The van der Waals surface area contributed by atoms with Crippen molar-refractivity contribution >= 4 is 0 Å². The Morgan fingerprint density at radius 1 is 1.31 bits per heavy atom. The number of rotatable bonds is 2. The van der Waals surface area contributed by atoms with Gasteiger partial charge < -0.3 is 10.5 Å². The van der Waals surface area contributed by atoms with Crippen LogP contribution >= 0.6 is 0 Å². The van der Waals surface area contributed by atoms with Crippen LogP contribution in [0.5, 0.6) is 0 Å². The van der Waals surface area contributed by atoms with Gasteiger partial charge in [-0.2, -0.15) is 0 Å². The normalized spacial score (nSPS) is 50.5. The van der Waals surface area contributed by atoms with Crippen molar-refractivity contribution in [3.63, 3.8) is 0 Å². The average molecular weight is 183 g/mol. The molecule has 13 heavy (non-hydrogen) atoms. The second kappa shape index (κ2) is 3.25. The van der Waals surface area contributed by atoms with E-state index in [1.807, 2.05) is 7.11 Å². The summed E-state index contributed by atoms with van der Waals surface area (Å²) < 4.78 is 5.50. The van der Waals surface area contributed by atoms with Crippen molar-refractivity contribution in [1.29, 1.82) is 0 Å². The minimum atomic E-state index is 0.122. The van der Waals surface area contributed by atoms with Crippen LogP contribution in [0, 0.1) is 11.8 Å². The molecule has 2 aliphatic carbocycles. The lowest BCUT2D eigenvalue weighted by Crippen LogP contribution is -2.58. The van der Waals surface area contributed by atoms with E-state index in [2.05, 4.69) is 6.92 Å². The Morgan fingerprint density at radius 2 is 2.00 bits per heavy atom. The summed E-state index contributed by atoms with van der Waals surface area (Å²) in [4.78, 5) is 0. The highest BCUT2D eigenvalue weighted by Crippen LogP contribution is 2.47. The van der Waals surface area contributed by atoms with E-state index in [0.29, 0.717) is 12.0 Å². The maximum absolute atomic E-state index is 6.38. The van der Waals surface area contributed by atoms with Gasteiger partial charge in [-0.3, -0.25) is 0 Å². The molecule has 0 aromatic heterocycles. The molecule has 0 aromatic carbocycles. The molecule has 0 radical (unpaired) electrons. The van der Waals surface area contributed by atoms with Crippen molar-refractivity contribution in [2.24, 2.45) is 17.6 Å². The topological polar surface area (TPSA) is 35.2 Å². The Morgan fingerprint density at radius 3 is 2.54 bits per heavy atom. The first-order valence-corrected chi connectivity index (χ1v) is 5.47. The molecule has 2 unspecified atom stereocenters. The summed E-state index contributed by atoms with van der Waals surface area (Å²) in [6.07, 6.45) is 6.65. The highest BCUT2D eigenvalue weighted by Gasteiger charge is 2.49. The molecule has 0 heterocycles. The lowest BCUT2D eigenvalue weighted by atomic mass is 9.62. The van der Waals surface area contributed by atoms with E-state index in [1.165, 1.54) is 32.1 Å². The summed E-state index contributed by atoms with van der Waals surface area (Å²) in [6.45, 7) is 2.29. The monoisotopic (exact) mass is 183 g/mol. The molecule has 2 N–H and O–H groups in total. The standard InChI is InChI=1S/C11H21NO/c1-8-6-11(12,7-8)9-4-3-5-10(9)13-2/h8-10H,3-7,12H2,1-2H3. The predicted molar refractivity (Wildman–Crippen MR) is 53.5 cm³/mol. The van der Waals surface area contributed by atoms with Gasteiger partial charge in [-0.1, -0.05) is 13.3 Å². The van der Waals surface area contributed by atoms with Crippen LogP contribution in [0.15, 0.2) is 0 Å².